The Balaban J connectivity index is -0.000000436. The van der Waals surface area contributed by atoms with Crippen molar-refractivity contribution in [2.75, 3.05) is 0 Å². The first-order valence-corrected chi connectivity index (χ1v) is 11.3. The van der Waals surface area contributed by atoms with Gasteiger partial charge in [0.2, 0.25) is 0 Å². The van der Waals surface area contributed by atoms with Crippen molar-refractivity contribution < 1.29 is 43.4 Å². The Hall–Kier alpha value is 0.129. The van der Waals surface area contributed by atoms with E-state index in [1.54, 1.807) is 44.5 Å². The molecule has 0 spiro atoms. The predicted octanol–water partition coefficient (Wildman–Crippen LogP) is 8.16. The summed E-state index contributed by atoms with van der Waals surface area (Å²) in [6, 6.07) is 4.91. The molecule has 2 aliphatic carbocycles. The molecule has 0 aromatic heterocycles. The molecule has 172 valence electrons. The van der Waals surface area contributed by atoms with Gasteiger partial charge in [0, 0.05) is 21.7 Å². The van der Waals surface area contributed by atoms with E-state index in [1.165, 1.54) is 77.0 Å². The van der Waals surface area contributed by atoms with Crippen molar-refractivity contribution in [2.45, 2.75) is 105 Å². The largest absolute Gasteiger partial charge is 4.00 e. The molecule has 0 unspecified atom stereocenters. The Labute approximate surface area is 225 Å². The average molecular weight is 491 g/mol. The van der Waals surface area contributed by atoms with Crippen molar-refractivity contribution >= 4 is 0 Å². The fourth-order valence-electron chi connectivity index (χ4n) is 5.26. The van der Waals surface area contributed by atoms with E-state index in [-0.39, 0.29) is 65.7 Å². The fourth-order valence-corrected chi connectivity index (χ4v) is 5.26. The quantitative estimate of drug-likeness (QED) is 0.299. The van der Waals surface area contributed by atoms with E-state index in [0.29, 0.717) is 0 Å². The maximum absolute atomic E-state index is 2.45. The normalized spacial score (nSPS) is 13.3. The smallest absolute Gasteiger partial charge is 0.358 e. The van der Waals surface area contributed by atoms with E-state index in [0.717, 1.165) is 0 Å². The molecule has 31 heavy (non-hydrogen) atoms. The molecule has 0 fully saturated rings. The van der Waals surface area contributed by atoms with Crippen molar-refractivity contribution in [1.29, 1.82) is 0 Å². The van der Waals surface area contributed by atoms with Crippen molar-refractivity contribution in [3.63, 3.8) is 0 Å². The van der Waals surface area contributed by atoms with Gasteiger partial charge in [0.05, 0.1) is 0 Å². The van der Waals surface area contributed by atoms with Crippen LogP contribution in [0.15, 0.2) is 12.1 Å². The number of hydrogen-bond acceptors (Lipinski definition) is 0. The van der Waals surface area contributed by atoms with E-state index in [4.69, 9.17) is 0 Å². The van der Waals surface area contributed by atoms with Gasteiger partial charge < -0.3 is 22.3 Å². The second-order valence-corrected chi connectivity index (χ2v) is 8.13. The van der Waals surface area contributed by atoms with Crippen LogP contribution in [-0.4, -0.2) is 0 Å². The summed E-state index contributed by atoms with van der Waals surface area (Å²) in [7, 11) is 0. The maximum atomic E-state index is 2.45. The predicted molar refractivity (Wildman–Crippen MR) is 134 cm³/mol. The molecule has 4 rings (SSSR count). The van der Waals surface area contributed by atoms with Crippen molar-refractivity contribution in [2.24, 2.45) is 0 Å². The molecule has 0 atom stereocenters. The van der Waals surface area contributed by atoms with E-state index < -0.39 is 0 Å². The maximum Gasteiger partial charge on any atom is 4.00 e. The van der Waals surface area contributed by atoms with Gasteiger partial charge in [-0.25, -0.2) is 0 Å². The summed E-state index contributed by atoms with van der Waals surface area (Å²) >= 11 is 0. The molecule has 0 nitrogen and oxygen atoms in total. The van der Waals surface area contributed by atoms with Crippen molar-refractivity contribution in [3.05, 3.63) is 78.9 Å². The van der Waals surface area contributed by atoms with Gasteiger partial charge in [-0.15, -0.1) is 0 Å². The third-order valence-electron chi connectivity index (χ3n) is 6.71. The van der Waals surface area contributed by atoms with Gasteiger partial charge in [0.15, 0.2) is 0 Å². The molecule has 2 aliphatic rings. The van der Waals surface area contributed by atoms with E-state index in [2.05, 4.69) is 39.8 Å². The van der Waals surface area contributed by atoms with Gasteiger partial charge in [0.25, 0.3) is 0 Å². The van der Waals surface area contributed by atoms with Crippen molar-refractivity contribution in [1.82, 2.24) is 0 Å². The molecule has 0 amide bonds. The number of fused-ring (bicyclic) bond motifs is 2. The number of rotatable bonds is 4. The first-order chi connectivity index (χ1) is 12.7. The van der Waals surface area contributed by atoms with Crippen molar-refractivity contribution in [3.8, 4) is 0 Å². The second kappa shape index (κ2) is 17.6. The van der Waals surface area contributed by atoms with Crippen LogP contribution >= 0.6 is 0 Å². The molecule has 0 heterocycles. The zero-order valence-corrected chi connectivity index (χ0v) is 24.8. The van der Waals surface area contributed by atoms with Crippen LogP contribution in [0.25, 0.3) is 0 Å². The van der Waals surface area contributed by atoms with E-state index in [1.807, 2.05) is 0 Å². The van der Waals surface area contributed by atoms with Crippen LogP contribution in [0.5, 0.6) is 0 Å². The first kappa shape index (κ1) is 35.7. The summed E-state index contributed by atoms with van der Waals surface area (Å²) in [6.45, 7) is 9.13. The Morgan fingerprint density at radius 1 is 0.613 bits per heavy atom. The third kappa shape index (κ3) is 8.14. The second-order valence-electron chi connectivity index (χ2n) is 8.13. The molecule has 0 saturated carbocycles. The Bertz CT molecular complexity index is 598. The molecule has 0 N–H and O–H groups in total. The number of hydrogen-bond donors (Lipinski definition) is 0. The van der Waals surface area contributed by atoms with Crippen LogP contribution in [-0.2, 0) is 94.8 Å². The molecular weight excluding hydrogens is 444 g/mol. The third-order valence-corrected chi connectivity index (χ3v) is 6.71. The SMILES string of the molecule is CCc1c[c-](CC)c2c1CCCC2.CCc1c[c-](CC)c2c1CCCC2.[CH3-].[CH3-].[CH3-].[Ti+4].[Ti]. The monoisotopic (exact) mass is 491 g/mol. The van der Waals surface area contributed by atoms with Gasteiger partial charge >= 0.3 is 21.7 Å². The summed E-state index contributed by atoms with van der Waals surface area (Å²) in [4.78, 5) is 0. The minimum absolute atomic E-state index is 0. The molecular formula is C29H47Ti2-. The molecule has 0 saturated heterocycles. The van der Waals surface area contributed by atoms with Crippen LogP contribution in [0.1, 0.15) is 97.9 Å². The van der Waals surface area contributed by atoms with Crippen LogP contribution in [0.4, 0.5) is 0 Å². The van der Waals surface area contributed by atoms with Gasteiger partial charge in [0.1, 0.15) is 0 Å². The topological polar surface area (TPSA) is 0 Å². The van der Waals surface area contributed by atoms with E-state index >= 15 is 0 Å². The van der Waals surface area contributed by atoms with Crippen LogP contribution < -0.4 is 0 Å². The minimum Gasteiger partial charge on any atom is -0.358 e. The zero-order chi connectivity index (χ0) is 18.5. The first-order valence-electron chi connectivity index (χ1n) is 11.3. The van der Waals surface area contributed by atoms with Crippen LogP contribution in [0.3, 0.4) is 0 Å². The molecule has 2 heteroatoms. The summed E-state index contributed by atoms with van der Waals surface area (Å²) in [5, 5.41) is 0. The molecule has 2 aromatic rings. The average Bonchev–Trinajstić information content (AvgIpc) is 3.26. The molecule has 2 aromatic carbocycles. The van der Waals surface area contributed by atoms with E-state index in [9.17, 15) is 0 Å². The van der Waals surface area contributed by atoms with Gasteiger partial charge in [-0.05, 0) is 0 Å². The summed E-state index contributed by atoms with van der Waals surface area (Å²) in [6.07, 6.45) is 15.9. The van der Waals surface area contributed by atoms with Crippen LogP contribution in [0.2, 0.25) is 0 Å². The summed E-state index contributed by atoms with van der Waals surface area (Å²) in [5.74, 6) is 0. The molecule has 0 radical (unpaired) electrons. The number of aryl methyl sites for hydroxylation is 4. The van der Waals surface area contributed by atoms with Gasteiger partial charge in [-0.3, -0.25) is 0 Å². The molecule has 0 bridgehead atoms. The van der Waals surface area contributed by atoms with Gasteiger partial charge in [-0.1, -0.05) is 105 Å². The Morgan fingerprint density at radius 3 is 1.23 bits per heavy atom. The Kier molecular flexibility index (Phi) is 20.3. The minimum atomic E-state index is 0. The van der Waals surface area contributed by atoms with Gasteiger partial charge in [-0.2, -0.15) is 56.6 Å². The fraction of sp³-hybridized carbons (Fsp3) is 0.552. The zero-order valence-electron chi connectivity index (χ0n) is 21.6. The summed E-state index contributed by atoms with van der Waals surface area (Å²) < 4.78 is 0. The van der Waals surface area contributed by atoms with Crippen LogP contribution in [0, 0.1) is 22.3 Å². The Morgan fingerprint density at radius 2 is 0.935 bits per heavy atom. The molecule has 0 aliphatic heterocycles. The summed E-state index contributed by atoms with van der Waals surface area (Å²) in [5.41, 5.74) is 13.4. The standard InChI is InChI=1S/2C13H19.3CH3.2Ti/c2*1-3-10-9-11(4-2)13-8-6-5-7-12(10)13;;;;;/h2*9H,3-8H2,1-2H3;3*1H3;;/q5*-1;;+4.